The second-order valence-electron chi connectivity index (χ2n) is 8.02. The smallest absolute Gasteiger partial charge is 0.193 e. The monoisotopic (exact) mass is 554 g/mol. The number of nitrogens with zero attached hydrogens (tertiary/aromatic N) is 3. The summed E-state index contributed by atoms with van der Waals surface area (Å²) < 4.78 is 34.6. The van der Waals surface area contributed by atoms with Crippen LogP contribution in [0.5, 0.6) is 11.5 Å². The molecule has 1 saturated heterocycles. The Morgan fingerprint density at radius 1 is 1.27 bits per heavy atom. The third-order valence-corrected chi connectivity index (χ3v) is 7.96. The van der Waals surface area contributed by atoms with Crippen molar-refractivity contribution in [1.82, 2.24) is 15.1 Å². The van der Waals surface area contributed by atoms with Gasteiger partial charge in [0.05, 0.1) is 30.8 Å². The maximum Gasteiger partial charge on any atom is 0.193 e. The third-order valence-electron chi connectivity index (χ3n) is 5.42. The number of rotatable bonds is 6. The number of halogens is 1. The first kappa shape index (κ1) is 26.8. The number of guanidine groups is 1. The van der Waals surface area contributed by atoms with Crippen LogP contribution in [0.25, 0.3) is 0 Å². The fourth-order valence-corrected chi connectivity index (χ4v) is 4.87. The van der Waals surface area contributed by atoms with E-state index < -0.39 is 14.6 Å². The first-order valence-corrected chi connectivity index (χ1v) is 11.3. The summed E-state index contributed by atoms with van der Waals surface area (Å²) in [4.78, 5) is 8.52. The van der Waals surface area contributed by atoms with E-state index in [1.54, 1.807) is 35.1 Å². The minimum Gasteiger partial charge on any atom is -0.493 e. The molecule has 0 amide bonds. The number of hydrogen-bond donors (Lipinski definition) is 1. The first-order valence-electron chi connectivity index (χ1n) is 9.62. The second kappa shape index (κ2) is 10.9. The fraction of sp³-hybridized carbons (Fsp3) is 0.650. The summed E-state index contributed by atoms with van der Waals surface area (Å²) in [5, 5.41) is 3.42. The number of nitrogens with one attached hydrogen (secondary N) is 1. The largest absolute Gasteiger partial charge is 0.493 e. The molecular weight excluding hydrogens is 519 g/mol. The Balaban J connectivity index is 0.00000450. The highest BCUT2D eigenvalue weighted by molar-refractivity contribution is 14.0. The fourth-order valence-electron chi connectivity index (χ4n) is 3.50. The van der Waals surface area contributed by atoms with Crippen molar-refractivity contribution in [2.24, 2.45) is 4.99 Å². The summed E-state index contributed by atoms with van der Waals surface area (Å²) in [5.41, 5.74) is 1.08. The van der Waals surface area contributed by atoms with E-state index in [9.17, 15) is 8.42 Å². The van der Waals surface area contributed by atoms with Crippen molar-refractivity contribution in [3.8, 4) is 11.5 Å². The van der Waals surface area contributed by atoms with Gasteiger partial charge in [0, 0.05) is 26.7 Å². The van der Waals surface area contributed by atoms with Crippen molar-refractivity contribution in [2.75, 3.05) is 60.7 Å². The molecule has 1 fully saturated rings. The SMILES string of the molecule is CN=C(NCC(c1ccc(OC)c(OC)c1)N(C)C)N1CCS(=O)(=O)C(C)(C)C1.I. The number of hydrogen-bond acceptors (Lipinski definition) is 6. The second-order valence-corrected chi connectivity index (χ2v) is 10.8. The van der Waals surface area contributed by atoms with Gasteiger partial charge in [-0.3, -0.25) is 4.99 Å². The van der Waals surface area contributed by atoms with Gasteiger partial charge in [-0.15, -0.1) is 24.0 Å². The van der Waals surface area contributed by atoms with Gasteiger partial charge in [-0.25, -0.2) is 8.42 Å². The van der Waals surface area contributed by atoms with Crippen molar-refractivity contribution >= 4 is 39.8 Å². The van der Waals surface area contributed by atoms with Gasteiger partial charge >= 0.3 is 0 Å². The van der Waals surface area contributed by atoms with Gasteiger partial charge in [0.1, 0.15) is 0 Å². The van der Waals surface area contributed by atoms with Crippen LogP contribution in [0, 0.1) is 0 Å². The zero-order chi connectivity index (χ0) is 21.8. The quantitative estimate of drug-likeness (QED) is 0.327. The molecular formula is C20H35IN4O4S. The molecule has 1 heterocycles. The van der Waals surface area contributed by atoms with Crippen LogP contribution in [0.15, 0.2) is 23.2 Å². The lowest BCUT2D eigenvalue weighted by Gasteiger charge is -2.39. The molecule has 2 rings (SSSR count). The highest BCUT2D eigenvalue weighted by Gasteiger charge is 2.41. The van der Waals surface area contributed by atoms with Crippen LogP contribution in [0.1, 0.15) is 25.5 Å². The number of sulfone groups is 1. The molecule has 8 nitrogen and oxygen atoms in total. The summed E-state index contributed by atoms with van der Waals surface area (Å²) in [6.07, 6.45) is 0. The number of likely N-dealkylation sites (N-methyl/N-ethyl adjacent to an activating group) is 1. The molecule has 1 N–H and O–H groups in total. The van der Waals surface area contributed by atoms with Gasteiger partial charge in [0.15, 0.2) is 27.3 Å². The molecule has 1 atom stereocenters. The highest BCUT2D eigenvalue weighted by atomic mass is 127. The molecule has 10 heteroatoms. The van der Waals surface area contributed by atoms with Crippen molar-refractivity contribution in [1.29, 1.82) is 0 Å². The summed E-state index contributed by atoms with van der Waals surface area (Å²) in [6, 6.07) is 5.96. The van der Waals surface area contributed by atoms with Gasteiger partial charge in [-0.1, -0.05) is 6.07 Å². The van der Waals surface area contributed by atoms with E-state index >= 15 is 0 Å². The summed E-state index contributed by atoms with van der Waals surface area (Å²) >= 11 is 0. The van der Waals surface area contributed by atoms with Crippen LogP contribution in [0.3, 0.4) is 0 Å². The predicted molar refractivity (Wildman–Crippen MR) is 132 cm³/mol. The normalized spacial score (nSPS) is 19.1. The Labute approximate surface area is 197 Å². The van der Waals surface area contributed by atoms with Crippen molar-refractivity contribution in [3.63, 3.8) is 0 Å². The van der Waals surface area contributed by atoms with E-state index in [4.69, 9.17) is 9.47 Å². The van der Waals surface area contributed by atoms with Crippen LogP contribution >= 0.6 is 24.0 Å². The maximum absolute atomic E-state index is 12.3. The van der Waals surface area contributed by atoms with Crippen molar-refractivity contribution in [2.45, 2.75) is 24.6 Å². The molecule has 0 bridgehead atoms. The molecule has 30 heavy (non-hydrogen) atoms. The van der Waals surface area contributed by atoms with Crippen LogP contribution < -0.4 is 14.8 Å². The van der Waals surface area contributed by atoms with E-state index in [0.717, 1.165) is 5.56 Å². The van der Waals surface area contributed by atoms with Crippen molar-refractivity contribution < 1.29 is 17.9 Å². The lowest BCUT2D eigenvalue weighted by molar-refractivity contribution is 0.289. The molecule has 0 saturated carbocycles. The minimum atomic E-state index is -3.10. The minimum absolute atomic E-state index is 0. The van der Waals surface area contributed by atoms with E-state index in [0.29, 0.717) is 37.1 Å². The van der Waals surface area contributed by atoms with Crippen molar-refractivity contribution in [3.05, 3.63) is 23.8 Å². The zero-order valence-corrected chi connectivity index (χ0v) is 22.1. The average Bonchev–Trinajstić information content (AvgIpc) is 2.67. The third kappa shape index (κ3) is 5.91. The molecule has 0 radical (unpaired) electrons. The van der Waals surface area contributed by atoms with Crippen LogP contribution in [0.4, 0.5) is 0 Å². The Kier molecular flexibility index (Phi) is 9.68. The Bertz CT molecular complexity index is 843. The summed E-state index contributed by atoms with van der Waals surface area (Å²) in [7, 11) is 5.90. The standard InChI is InChI=1S/C20H34N4O4S.HI/c1-20(2)14-24(10-11-29(20,25)26)19(21-3)22-13-16(23(4)5)15-8-9-17(27-6)18(12-15)28-7;/h8-9,12,16H,10-11,13-14H2,1-7H3,(H,21,22);1H. The van der Waals surface area contributed by atoms with Gasteiger partial charge in [0.25, 0.3) is 0 Å². The van der Waals surface area contributed by atoms with Gasteiger partial charge < -0.3 is 24.6 Å². The first-order chi connectivity index (χ1) is 13.6. The Morgan fingerprint density at radius 3 is 2.40 bits per heavy atom. The molecule has 1 aliphatic heterocycles. The Morgan fingerprint density at radius 2 is 1.90 bits per heavy atom. The Hall–Kier alpha value is -1.27. The van der Waals surface area contributed by atoms with E-state index in [-0.39, 0.29) is 35.8 Å². The van der Waals surface area contributed by atoms with Gasteiger partial charge in [0.2, 0.25) is 0 Å². The molecule has 0 aliphatic carbocycles. The molecule has 1 aromatic carbocycles. The molecule has 1 aromatic rings. The predicted octanol–water partition coefficient (Wildman–Crippen LogP) is 2.01. The lowest BCUT2D eigenvalue weighted by atomic mass is 10.1. The van der Waals surface area contributed by atoms with E-state index in [1.165, 1.54) is 0 Å². The number of benzene rings is 1. The molecule has 0 aromatic heterocycles. The lowest BCUT2D eigenvalue weighted by Crippen LogP contribution is -2.57. The van der Waals surface area contributed by atoms with Gasteiger partial charge in [-0.2, -0.15) is 0 Å². The van der Waals surface area contributed by atoms with E-state index in [1.807, 2.05) is 37.2 Å². The number of ether oxygens (including phenoxy) is 2. The molecule has 172 valence electrons. The van der Waals surface area contributed by atoms with E-state index in [2.05, 4.69) is 15.2 Å². The highest BCUT2D eigenvalue weighted by Crippen LogP contribution is 2.31. The van der Waals surface area contributed by atoms with Crippen LogP contribution in [-0.2, 0) is 9.84 Å². The molecule has 0 spiro atoms. The maximum atomic E-state index is 12.3. The molecule has 1 unspecified atom stereocenters. The summed E-state index contributed by atoms with van der Waals surface area (Å²) in [5.74, 6) is 2.21. The zero-order valence-electron chi connectivity index (χ0n) is 18.9. The molecule has 1 aliphatic rings. The number of aliphatic imine (C=N–C) groups is 1. The summed E-state index contributed by atoms with van der Waals surface area (Å²) in [6.45, 7) is 5.01. The average molecular weight is 554 g/mol. The van der Waals surface area contributed by atoms with Crippen LogP contribution in [0.2, 0.25) is 0 Å². The van der Waals surface area contributed by atoms with Gasteiger partial charge in [-0.05, 0) is 45.6 Å². The number of methoxy groups -OCH3 is 2. The van der Waals surface area contributed by atoms with Crippen LogP contribution in [-0.4, -0.2) is 89.7 Å². The topological polar surface area (TPSA) is 83.5 Å².